The molecule has 0 atom stereocenters. The predicted molar refractivity (Wildman–Crippen MR) is 307 cm³/mol. The molecule has 2 aliphatic rings. The van der Waals surface area contributed by atoms with E-state index < -0.39 is 27.7 Å². The normalized spacial score (nSPS) is 17.8. The van der Waals surface area contributed by atoms with Crippen LogP contribution in [0.1, 0.15) is 149 Å². The van der Waals surface area contributed by atoms with Crippen molar-refractivity contribution in [2.75, 3.05) is 15.1 Å². The molecule has 0 aliphatic carbocycles. The zero-order valence-corrected chi connectivity index (χ0v) is 47.2. The predicted octanol–water partition coefficient (Wildman–Crippen LogP) is 15.3. The molecule has 76 heavy (non-hydrogen) atoms. The van der Waals surface area contributed by atoms with Crippen LogP contribution in [0, 0.1) is 0 Å². The topological polar surface area (TPSA) is 130 Å². The standard InChI is InChI=1S/C64H80N6O6/c1-59(2,3)45-18-22-47(23-19-45)67(51-30-34-53(35-31-51)75-55-39-61(7,8)69(73)62(9,10)40-55)49-26-28-50(29-27-49)68(52-32-36-54(37-33-52)76-56-41-63(11,12)70(74)64(13,14)42-56)48-24-20-46(21-25-48)65-57(71)43-16-15-17-44(38-43)58(72)66-60(4,5)6/h15-38,55-56,73-74H,39-42H2,1-14H3,(H,65,71)(H,66,72). The second kappa shape index (κ2) is 21.0. The maximum atomic E-state index is 13.6. The average molecular weight is 1030 g/mol. The summed E-state index contributed by atoms with van der Waals surface area (Å²) in [5.41, 5.74) is 6.03. The lowest BCUT2D eigenvalue weighted by Crippen LogP contribution is -2.61. The van der Waals surface area contributed by atoms with Crippen LogP contribution in [0.15, 0.2) is 146 Å². The minimum atomic E-state index is -0.453. The molecule has 0 spiro atoms. The molecule has 2 fully saturated rings. The monoisotopic (exact) mass is 1030 g/mol. The summed E-state index contributed by atoms with van der Waals surface area (Å²) < 4.78 is 13.2. The van der Waals surface area contributed by atoms with Gasteiger partial charge in [-0.2, -0.15) is 10.1 Å². The van der Waals surface area contributed by atoms with Crippen LogP contribution in [-0.2, 0) is 5.41 Å². The lowest BCUT2D eigenvalue weighted by Gasteiger charge is -2.51. The van der Waals surface area contributed by atoms with Gasteiger partial charge < -0.3 is 40.3 Å². The highest BCUT2D eigenvalue weighted by atomic mass is 16.5. The quantitative estimate of drug-likeness (QED) is 0.0887. The molecule has 6 aromatic carbocycles. The van der Waals surface area contributed by atoms with Crippen LogP contribution in [-0.4, -0.2) is 72.3 Å². The number of ether oxygens (including phenoxy) is 2. The van der Waals surface area contributed by atoms with Gasteiger partial charge in [0.25, 0.3) is 11.8 Å². The molecule has 2 amide bonds. The third kappa shape index (κ3) is 12.8. The molecule has 2 saturated heterocycles. The largest absolute Gasteiger partial charge is 0.490 e. The number of hydrogen-bond acceptors (Lipinski definition) is 10. The lowest BCUT2D eigenvalue weighted by atomic mass is 9.80. The fourth-order valence-electron chi connectivity index (χ4n) is 11.1. The number of carbonyl (C=O) groups is 2. The van der Waals surface area contributed by atoms with Gasteiger partial charge in [-0.1, -0.05) is 39.0 Å². The van der Waals surface area contributed by atoms with E-state index in [0.29, 0.717) is 42.5 Å². The smallest absolute Gasteiger partial charge is 0.255 e. The first kappa shape index (κ1) is 55.5. The molecule has 8 rings (SSSR count). The van der Waals surface area contributed by atoms with Crippen molar-refractivity contribution < 1.29 is 29.5 Å². The minimum absolute atomic E-state index is 0.0141. The number of rotatable bonds is 13. The van der Waals surface area contributed by atoms with Crippen LogP contribution >= 0.6 is 0 Å². The molecule has 0 bridgehead atoms. The summed E-state index contributed by atoms with van der Waals surface area (Å²) in [6.07, 6.45) is 2.59. The van der Waals surface area contributed by atoms with Gasteiger partial charge >= 0.3 is 0 Å². The number of hydrogen-bond donors (Lipinski definition) is 4. The molecule has 402 valence electrons. The van der Waals surface area contributed by atoms with Gasteiger partial charge in [-0.15, -0.1) is 0 Å². The molecule has 0 saturated carbocycles. The van der Waals surface area contributed by atoms with E-state index in [0.717, 1.165) is 45.6 Å². The highest BCUT2D eigenvalue weighted by Gasteiger charge is 2.47. The Morgan fingerprint density at radius 1 is 0.487 bits per heavy atom. The Hall–Kier alpha value is -6.70. The number of nitrogens with zero attached hydrogens (tertiary/aromatic N) is 4. The maximum Gasteiger partial charge on any atom is 0.255 e. The number of anilines is 7. The minimum Gasteiger partial charge on any atom is -0.490 e. The second-order valence-corrected chi connectivity index (χ2v) is 25.4. The molecule has 12 heteroatoms. The Bertz CT molecular complexity index is 2940. The number of benzene rings is 6. The maximum absolute atomic E-state index is 13.6. The van der Waals surface area contributed by atoms with Gasteiger partial charge in [0.05, 0.1) is 0 Å². The van der Waals surface area contributed by atoms with Crippen molar-refractivity contribution in [1.82, 2.24) is 15.4 Å². The van der Waals surface area contributed by atoms with Crippen LogP contribution in [0.4, 0.5) is 39.8 Å². The molecular formula is C64H80N6O6. The van der Waals surface area contributed by atoms with Crippen molar-refractivity contribution in [3.63, 3.8) is 0 Å². The number of hydroxylamine groups is 4. The van der Waals surface area contributed by atoms with Crippen LogP contribution in [0.2, 0.25) is 0 Å². The Labute approximate surface area is 451 Å². The van der Waals surface area contributed by atoms with E-state index in [2.05, 4.69) is 142 Å². The number of amides is 2. The van der Waals surface area contributed by atoms with Crippen LogP contribution in [0.3, 0.4) is 0 Å². The third-order valence-corrected chi connectivity index (χ3v) is 14.6. The summed E-state index contributed by atoms with van der Waals surface area (Å²) in [5.74, 6) is 0.953. The Morgan fingerprint density at radius 3 is 1.14 bits per heavy atom. The first-order valence-corrected chi connectivity index (χ1v) is 26.6. The van der Waals surface area contributed by atoms with Crippen molar-refractivity contribution in [3.8, 4) is 11.5 Å². The molecule has 2 heterocycles. The Kier molecular flexibility index (Phi) is 15.4. The fourth-order valence-corrected chi connectivity index (χ4v) is 11.1. The lowest BCUT2D eigenvalue weighted by molar-refractivity contribution is -0.254. The van der Waals surface area contributed by atoms with E-state index in [4.69, 9.17) is 9.47 Å². The Balaban J connectivity index is 1.10. The van der Waals surface area contributed by atoms with Crippen molar-refractivity contribution >= 4 is 51.6 Å². The summed E-state index contributed by atoms with van der Waals surface area (Å²) in [5, 5.41) is 30.8. The van der Waals surface area contributed by atoms with E-state index in [9.17, 15) is 20.0 Å². The molecular weight excluding hydrogens is 949 g/mol. The number of carbonyl (C=O) groups excluding carboxylic acids is 2. The Morgan fingerprint density at radius 2 is 0.803 bits per heavy atom. The highest BCUT2D eigenvalue weighted by molar-refractivity contribution is 6.06. The molecule has 12 nitrogen and oxygen atoms in total. The van der Waals surface area contributed by atoms with Gasteiger partial charge in [0.15, 0.2) is 0 Å². The molecule has 0 radical (unpaired) electrons. The fraction of sp³-hybridized carbons (Fsp3) is 0.406. The van der Waals surface area contributed by atoms with Gasteiger partial charge in [0.2, 0.25) is 0 Å². The van der Waals surface area contributed by atoms with E-state index >= 15 is 0 Å². The van der Waals surface area contributed by atoms with E-state index in [1.54, 1.807) is 24.3 Å². The van der Waals surface area contributed by atoms with Gasteiger partial charge in [0.1, 0.15) is 23.7 Å². The van der Waals surface area contributed by atoms with E-state index in [1.165, 1.54) is 15.7 Å². The first-order valence-electron chi connectivity index (χ1n) is 26.6. The van der Waals surface area contributed by atoms with Gasteiger partial charge in [-0.25, -0.2) is 0 Å². The van der Waals surface area contributed by atoms with E-state index in [1.807, 2.05) is 97.0 Å². The second-order valence-electron chi connectivity index (χ2n) is 25.4. The molecule has 0 aromatic heterocycles. The summed E-state index contributed by atoms with van der Waals surface area (Å²) in [4.78, 5) is 31.0. The first-order chi connectivity index (χ1) is 35.5. The van der Waals surface area contributed by atoms with Crippen LogP contribution < -0.4 is 29.9 Å². The highest BCUT2D eigenvalue weighted by Crippen LogP contribution is 2.44. The van der Waals surface area contributed by atoms with Crippen LogP contribution in [0.25, 0.3) is 0 Å². The van der Waals surface area contributed by atoms with Gasteiger partial charge in [-0.3, -0.25) is 9.59 Å². The SMILES string of the molecule is CC(C)(C)NC(=O)c1cccc(C(=O)Nc2ccc(N(c3ccc(OC4CC(C)(C)N(O)C(C)(C)C4)cc3)c3ccc(N(c4ccc(OC5CC(C)(C)N(O)C(C)(C)C5)cc4)c4ccc(C(C)(C)C)cc4)cc3)cc2)c1. The van der Waals surface area contributed by atoms with Crippen molar-refractivity contribution in [2.45, 2.75) is 168 Å². The summed E-state index contributed by atoms with van der Waals surface area (Å²) in [7, 11) is 0. The summed E-state index contributed by atoms with van der Waals surface area (Å²) >= 11 is 0. The molecule has 2 aliphatic heterocycles. The number of piperidine rings is 2. The average Bonchev–Trinajstić information content (AvgIpc) is 3.34. The molecule has 4 N–H and O–H groups in total. The molecule has 6 aromatic rings. The van der Waals surface area contributed by atoms with E-state index in [-0.39, 0.29) is 29.4 Å². The van der Waals surface area contributed by atoms with Crippen LogP contribution in [0.5, 0.6) is 11.5 Å². The summed E-state index contributed by atoms with van der Waals surface area (Å²) in [6.45, 7) is 28.8. The summed E-state index contributed by atoms with van der Waals surface area (Å²) in [6, 6.07) is 48.1. The van der Waals surface area contributed by atoms with Gasteiger partial charge in [-0.05, 0) is 215 Å². The van der Waals surface area contributed by atoms with Crippen molar-refractivity contribution in [3.05, 3.63) is 162 Å². The van der Waals surface area contributed by atoms with Crippen molar-refractivity contribution in [1.29, 1.82) is 0 Å². The van der Waals surface area contributed by atoms with Crippen molar-refractivity contribution in [2.24, 2.45) is 0 Å². The number of nitrogens with one attached hydrogen (secondary N) is 2. The van der Waals surface area contributed by atoms with Gasteiger partial charge in [0, 0.05) is 104 Å². The zero-order chi connectivity index (χ0) is 55.2. The zero-order valence-electron chi connectivity index (χ0n) is 47.2. The third-order valence-electron chi connectivity index (χ3n) is 14.6. The molecule has 0 unspecified atom stereocenters.